The van der Waals surface area contributed by atoms with Gasteiger partial charge in [-0.05, 0) is 19.1 Å². The molecule has 0 aromatic heterocycles. The zero-order chi connectivity index (χ0) is 12.4. The summed E-state index contributed by atoms with van der Waals surface area (Å²) >= 11 is 0. The van der Waals surface area contributed by atoms with E-state index in [2.05, 4.69) is 4.18 Å². The molecule has 0 aliphatic heterocycles. The summed E-state index contributed by atoms with van der Waals surface area (Å²) in [5.41, 5.74) is -1.10. The summed E-state index contributed by atoms with van der Waals surface area (Å²) in [4.78, 5) is 0. The number of benzene rings is 1. The average molecular weight is 254 g/mol. The lowest BCUT2D eigenvalue weighted by atomic mass is 10.2. The molecule has 0 saturated heterocycles. The number of hydrogen-bond donors (Lipinski definition) is 0. The van der Waals surface area contributed by atoms with Crippen molar-refractivity contribution < 1.29 is 25.8 Å². The fourth-order valence-corrected chi connectivity index (χ4v) is 1.51. The lowest BCUT2D eigenvalue weighted by Gasteiger charge is -2.12. The van der Waals surface area contributed by atoms with Gasteiger partial charge in [-0.25, -0.2) is 0 Å². The van der Waals surface area contributed by atoms with E-state index in [0.29, 0.717) is 0 Å². The van der Waals surface area contributed by atoms with Crippen LogP contribution in [0.2, 0.25) is 0 Å². The van der Waals surface area contributed by atoms with Gasteiger partial charge in [-0.2, -0.15) is 21.6 Å². The number of rotatable bonds is 3. The Hall–Kier alpha value is -1.24. The summed E-state index contributed by atoms with van der Waals surface area (Å²) in [5, 5.41) is 0. The Labute approximate surface area is 91.0 Å². The van der Waals surface area contributed by atoms with Crippen LogP contribution >= 0.6 is 0 Å². The highest BCUT2D eigenvalue weighted by molar-refractivity contribution is 7.87. The second-order valence-corrected chi connectivity index (χ2v) is 4.78. The Balaban J connectivity index is 3.16. The van der Waals surface area contributed by atoms with E-state index < -0.39 is 27.6 Å². The van der Waals surface area contributed by atoms with Crippen molar-refractivity contribution in [2.75, 3.05) is 5.75 Å². The van der Waals surface area contributed by atoms with Crippen LogP contribution in [0.15, 0.2) is 24.3 Å². The predicted molar refractivity (Wildman–Crippen MR) is 51.5 cm³/mol. The van der Waals surface area contributed by atoms with E-state index in [1.165, 1.54) is 13.0 Å². The topological polar surface area (TPSA) is 43.4 Å². The second-order valence-electron chi connectivity index (χ2n) is 2.92. The summed E-state index contributed by atoms with van der Waals surface area (Å²) in [6.45, 7) is 1.28. The van der Waals surface area contributed by atoms with Crippen LogP contribution in [0.3, 0.4) is 0 Å². The maximum atomic E-state index is 12.5. The van der Waals surface area contributed by atoms with Crippen LogP contribution in [0.1, 0.15) is 12.5 Å². The zero-order valence-electron chi connectivity index (χ0n) is 8.28. The van der Waals surface area contributed by atoms with E-state index in [9.17, 15) is 21.6 Å². The third-order valence-electron chi connectivity index (χ3n) is 1.76. The van der Waals surface area contributed by atoms with E-state index in [-0.39, 0.29) is 5.75 Å². The minimum atomic E-state index is -4.64. The smallest absolute Gasteiger partial charge is 0.382 e. The molecule has 3 nitrogen and oxygen atoms in total. The van der Waals surface area contributed by atoms with Crippen LogP contribution < -0.4 is 4.18 Å². The fraction of sp³-hybridized carbons (Fsp3) is 0.333. The van der Waals surface area contributed by atoms with Crippen LogP contribution in [-0.4, -0.2) is 14.2 Å². The number of halogens is 3. The Kier molecular flexibility index (Phi) is 3.47. The molecular weight excluding hydrogens is 245 g/mol. The minimum absolute atomic E-state index is 0.390. The van der Waals surface area contributed by atoms with Gasteiger partial charge in [-0.15, -0.1) is 0 Å². The Bertz CT molecular complexity index is 465. The summed E-state index contributed by atoms with van der Waals surface area (Å²) in [5.74, 6) is -1.09. The van der Waals surface area contributed by atoms with Gasteiger partial charge in [-0.3, -0.25) is 0 Å². The molecule has 0 amide bonds. The van der Waals surface area contributed by atoms with Gasteiger partial charge in [0.2, 0.25) is 0 Å². The number of hydrogen-bond acceptors (Lipinski definition) is 3. The quantitative estimate of drug-likeness (QED) is 0.778. The Morgan fingerprint density at radius 1 is 1.25 bits per heavy atom. The standard InChI is InChI=1S/C9H9F3O3S/c1-2-16(13,14)15-8-6-4-3-5-7(8)9(10,11)12/h3-6H,2H2,1H3. The van der Waals surface area contributed by atoms with E-state index >= 15 is 0 Å². The minimum Gasteiger partial charge on any atom is -0.382 e. The molecule has 90 valence electrons. The summed E-state index contributed by atoms with van der Waals surface area (Å²) < 4.78 is 63.8. The highest BCUT2D eigenvalue weighted by Gasteiger charge is 2.35. The largest absolute Gasteiger partial charge is 0.420 e. The van der Waals surface area contributed by atoms with Gasteiger partial charge in [0, 0.05) is 0 Å². The van der Waals surface area contributed by atoms with Crippen molar-refractivity contribution in [2.45, 2.75) is 13.1 Å². The molecule has 0 radical (unpaired) electrons. The van der Waals surface area contributed by atoms with Crippen LogP contribution in [-0.2, 0) is 16.3 Å². The number of para-hydroxylation sites is 1. The zero-order valence-corrected chi connectivity index (χ0v) is 9.10. The van der Waals surface area contributed by atoms with Gasteiger partial charge < -0.3 is 4.18 Å². The molecule has 0 unspecified atom stereocenters. The molecule has 16 heavy (non-hydrogen) atoms. The maximum absolute atomic E-state index is 12.5. The van der Waals surface area contributed by atoms with Gasteiger partial charge in [0.25, 0.3) is 0 Å². The SMILES string of the molecule is CCS(=O)(=O)Oc1ccccc1C(F)(F)F. The summed E-state index contributed by atoms with van der Waals surface area (Å²) in [6.07, 6.45) is -4.64. The highest BCUT2D eigenvalue weighted by atomic mass is 32.2. The molecule has 0 fully saturated rings. The van der Waals surface area contributed by atoms with Gasteiger partial charge in [-0.1, -0.05) is 12.1 Å². The molecule has 0 aliphatic carbocycles. The van der Waals surface area contributed by atoms with E-state index in [4.69, 9.17) is 0 Å². The maximum Gasteiger partial charge on any atom is 0.420 e. The monoisotopic (exact) mass is 254 g/mol. The first-order valence-electron chi connectivity index (χ1n) is 4.34. The molecular formula is C9H9F3O3S. The van der Waals surface area contributed by atoms with E-state index in [1.807, 2.05) is 0 Å². The third-order valence-corrected chi connectivity index (χ3v) is 2.90. The molecule has 0 aliphatic rings. The molecule has 0 heterocycles. The summed E-state index contributed by atoms with van der Waals surface area (Å²) in [7, 11) is -3.96. The third kappa shape index (κ3) is 3.13. The molecule has 1 aromatic rings. The van der Waals surface area contributed by atoms with Crippen molar-refractivity contribution in [3.05, 3.63) is 29.8 Å². The van der Waals surface area contributed by atoms with Gasteiger partial charge in [0.1, 0.15) is 0 Å². The first kappa shape index (κ1) is 12.8. The second kappa shape index (κ2) is 4.32. The van der Waals surface area contributed by atoms with E-state index in [1.54, 1.807) is 0 Å². The first-order valence-corrected chi connectivity index (χ1v) is 5.92. The lowest BCUT2D eigenvalue weighted by Crippen LogP contribution is -2.15. The fourth-order valence-electron chi connectivity index (χ4n) is 0.969. The molecule has 0 N–H and O–H groups in total. The van der Waals surface area contributed by atoms with Crippen LogP contribution in [0.4, 0.5) is 13.2 Å². The van der Waals surface area contributed by atoms with Crippen molar-refractivity contribution in [1.82, 2.24) is 0 Å². The normalized spacial score (nSPS) is 12.5. The van der Waals surface area contributed by atoms with Crippen LogP contribution in [0.5, 0.6) is 5.75 Å². The highest BCUT2D eigenvalue weighted by Crippen LogP contribution is 2.36. The Morgan fingerprint density at radius 3 is 2.31 bits per heavy atom. The number of alkyl halides is 3. The van der Waals surface area contributed by atoms with Crippen molar-refractivity contribution in [3.63, 3.8) is 0 Å². The molecule has 0 bridgehead atoms. The predicted octanol–water partition coefficient (Wildman–Crippen LogP) is 2.43. The molecule has 7 heteroatoms. The van der Waals surface area contributed by atoms with Gasteiger partial charge in [0.15, 0.2) is 5.75 Å². The van der Waals surface area contributed by atoms with Gasteiger partial charge >= 0.3 is 16.3 Å². The van der Waals surface area contributed by atoms with E-state index in [0.717, 1.165) is 18.2 Å². The van der Waals surface area contributed by atoms with Crippen molar-refractivity contribution in [3.8, 4) is 5.75 Å². The molecule has 0 atom stereocenters. The molecule has 1 rings (SSSR count). The molecule has 1 aromatic carbocycles. The molecule has 0 spiro atoms. The lowest BCUT2D eigenvalue weighted by molar-refractivity contribution is -0.138. The van der Waals surface area contributed by atoms with Crippen LogP contribution in [0.25, 0.3) is 0 Å². The van der Waals surface area contributed by atoms with Gasteiger partial charge in [0.05, 0.1) is 11.3 Å². The average Bonchev–Trinajstić information content (AvgIpc) is 2.16. The molecule has 0 saturated carbocycles. The van der Waals surface area contributed by atoms with Crippen LogP contribution in [0, 0.1) is 0 Å². The summed E-state index contributed by atoms with van der Waals surface area (Å²) in [6, 6.07) is 4.17. The Morgan fingerprint density at radius 2 is 1.81 bits per heavy atom. The van der Waals surface area contributed by atoms with Crippen molar-refractivity contribution in [1.29, 1.82) is 0 Å². The van der Waals surface area contributed by atoms with Crippen molar-refractivity contribution in [2.24, 2.45) is 0 Å². The van der Waals surface area contributed by atoms with Crippen molar-refractivity contribution >= 4 is 10.1 Å². The first-order chi connectivity index (χ1) is 7.26.